The second kappa shape index (κ2) is 5.42. The maximum Gasteiger partial charge on any atom is 0.276 e. The number of aromatic nitrogens is 1. The van der Waals surface area contributed by atoms with Crippen LogP contribution < -0.4 is 11.1 Å². The van der Waals surface area contributed by atoms with Crippen LogP contribution in [-0.4, -0.2) is 10.9 Å². The number of pyridine rings is 1. The standard InChI is InChI=1S/C12H8Cl2FN3O/c13-7-4-6(5-8(14)10(7)15)18-12(19)11-9(16)2-1-3-17-11/h1-5H,16H2,(H,18,19). The van der Waals surface area contributed by atoms with E-state index < -0.39 is 11.7 Å². The van der Waals surface area contributed by atoms with Crippen molar-refractivity contribution in [2.45, 2.75) is 0 Å². The molecule has 0 saturated heterocycles. The summed E-state index contributed by atoms with van der Waals surface area (Å²) in [4.78, 5) is 15.8. The van der Waals surface area contributed by atoms with Gasteiger partial charge in [-0.3, -0.25) is 4.79 Å². The summed E-state index contributed by atoms with van der Waals surface area (Å²) in [5.41, 5.74) is 6.18. The van der Waals surface area contributed by atoms with Crippen molar-refractivity contribution in [3.8, 4) is 0 Å². The van der Waals surface area contributed by atoms with Crippen molar-refractivity contribution >= 4 is 40.5 Å². The van der Waals surface area contributed by atoms with Gasteiger partial charge in [-0.2, -0.15) is 0 Å². The van der Waals surface area contributed by atoms with Crippen LogP contribution in [0.2, 0.25) is 10.0 Å². The summed E-state index contributed by atoms with van der Waals surface area (Å²) < 4.78 is 13.2. The summed E-state index contributed by atoms with van der Waals surface area (Å²) >= 11 is 11.3. The molecule has 98 valence electrons. The van der Waals surface area contributed by atoms with Gasteiger partial charge in [-0.1, -0.05) is 23.2 Å². The first-order chi connectivity index (χ1) is 8.99. The van der Waals surface area contributed by atoms with Crippen molar-refractivity contribution in [3.05, 3.63) is 52.0 Å². The van der Waals surface area contributed by atoms with E-state index in [2.05, 4.69) is 10.3 Å². The van der Waals surface area contributed by atoms with E-state index in [1.807, 2.05) is 0 Å². The summed E-state index contributed by atoms with van der Waals surface area (Å²) in [6.07, 6.45) is 1.44. The smallest absolute Gasteiger partial charge is 0.276 e. The molecule has 0 aliphatic carbocycles. The molecule has 2 aromatic rings. The molecule has 0 aliphatic rings. The lowest BCUT2D eigenvalue weighted by molar-refractivity contribution is 0.102. The minimum Gasteiger partial charge on any atom is -0.397 e. The van der Waals surface area contributed by atoms with Crippen molar-refractivity contribution in [1.82, 2.24) is 4.98 Å². The summed E-state index contributed by atoms with van der Waals surface area (Å²) in [6, 6.07) is 5.66. The van der Waals surface area contributed by atoms with Crippen LogP contribution in [0.4, 0.5) is 15.8 Å². The van der Waals surface area contributed by atoms with Crippen LogP contribution in [-0.2, 0) is 0 Å². The Morgan fingerprint density at radius 1 is 1.32 bits per heavy atom. The minimum absolute atomic E-state index is 0.0686. The molecule has 0 saturated carbocycles. The molecule has 0 fully saturated rings. The molecule has 0 aliphatic heterocycles. The maximum atomic E-state index is 13.2. The highest BCUT2D eigenvalue weighted by Crippen LogP contribution is 2.27. The minimum atomic E-state index is -0.737. The number of benzene rings is 1. The van der Waals surface area contributed by atoms with Crippen molar-refractivity contribution in [3.63, 3.8) is 0 Å². The molecule has 7 heteroatoms. The number of halogens is 3. The molecule has 1 heterocycles. The Labute approximate surface area is 118 Å². The predicted octanol–water partition coefficient (Wildman–Crippen LogP) is 3.36. The van der Waals surface area contributed by atoms with Gasteiger partial charge in [-0.25, -0.2) is 9.37 Å². The first kappa shape index (κ1) is 13.6. The molecule has 3 N–H and O–H groups in total. The van der Waals surface area contributed by atoms with Gasteiger partial charge in [0.1, 0.15) is 0 Å². The van der Waals surface area contributed by atoms with Gasteiger partial charge >= 0.3 is 0 Å². The fraction of sp³-hybridized carbons (Fsp3) is 0. The average Bonchev–Trinajstić information content (AvgIpc) is 2.36. The van der Waals surface area contributed by atoms with Crippen LogP contribution >= 0.6 is 23.2 Å². The lowest BCUT2D eigenvalue weighted by Crippen LogP contribution is -2.15. The number of rotatable bonds is 2. The molecular formula is C12H8Cl2FN3O. The number of nitrogens with two attached hydrogens (primary N) is 1. The Bertz CT molecular complexity index is 626. The highest BCUT2D eigenvalue weighted by atomic mass is 35.5. The number of nitrogen functional groups attached to an aromatic ring is 1. The second-order valence-corrected chi connectivity index (χ2v) is 4.46. The SMILES string of the molecule is Nc1cccnc1C(=O)Nc1cc(Cl)c(F)c(Cl)c1. The number of hydrogen-bond donors (Lipinski definition) is 2. The zero-order valence-electron chi connectivity index (χ0n) is 9.45. The zero-order chi connectivity index (χ0) is 14.0. The van der Waals surface area contributed by atoms with E-state index >= 15 is 0 Å². The number of hydrogen-bond acceptors (Lipinski definition) is 3. The van der Waals surface area contributed by atoms with Crippen LogP contribution in [0, 0.1) is 5.82 Å². The third-order valence-electron chi connectivity index (χ3n) is 2.30. The van der Waals surface area contributed by atoms with Crippen LogP contribution in [0.15, 0.2) is 30.5 Å². The molecular weight excluding hydrogens is 292 g/mol. The fourth-order valence-electron chi connectivity index (χ4n) is 1.43. The first-order valence-electron chi connectivity index (χ1n) is 5.15. The van der Waals surface area contributed by atoms with E-state index in [1.165, 1.54) is 18.3 Å². The van der Waals surface area contributed by atoms with Gasteiger partial charge in [-0.05, 0) is 24.3 Å². The summed E-state index contributed by atoms with van der Waals surface area (Å²) in [5.74, 6) is -1.27. The monoisotopic (exact) mass is 299 g/mol. The van der Waals surface area contributed by atoms with Crippen molar-refractivity contribution in [2.75, 3.05) is 11.1 Å². The van der Waals surface area contributed by atoms with E-state index in [0.29, 0.717) is 0 Å². The van der Waals surface area contributed by atoms with Crippen molar-refractivity contribution < 1.29 is 9.18 Å². The number of carbonyl (C=O) groups excluding carboxylic acids is 1. The summed E-state index contributed by atoms with van der Waals surface area (Å²) in [7, 11) is 0. The Balaban J connectivity index is 2.27. The maximum absolute atomic E-state index is 13.2. The average molecular weight is 300 g/mol. The number of amides is 1. The molecule has 0 unspecified atom stereocenters. The first-order valence-corrected chi connectivity index (χ1v) is 5.91. The number of carbonyl (C=O) groups is 1. The highest BCUT2D eigenvalue weighted by Gasteiger charge is 2.13. The van der Waals surface area contributed by atoms with E-state index in [4.69, 9.17) is 28.9 Å². The van der Waals surface area contributed by atoms with Gasteiger partial charge in [0.2, 0.25) is 0 Å². The van der Waals surface area contributed by atoms with E-state index in [9.17, 15) is 9.18 Å². The predicted molar refractivity (Wildman–Crippen MR) is 73.0 cm³/mol. The molecule has 1 aromatic carbocycles. The third kappa shape index (κ3) is 2.94. The normalized spacial score (nSPS) is 10.3. The van der Waals surface area contributed by atoms with Gasteiger partial charge in [0, 0.05) is 11.9 Å². The molecule has 2 rings (SSSR count). The van der Waals surface area contributed by atoms with Crippen LogP contribution in [0.1, 0.15) is 10.5 Å². The lowest BCUT2D eigenvalue weighted by Gasteiger charge is -2.08. The zero-order valence-corrected chi connectivity index (χ0v) is 11.0. The second-order valence-electron chi connectivity index (χ2n) is 3.65. The fourth-order valence-corrected chi connectivity index (χ4v) is 1.91. The number of nitrogens with zero attached hydrogens (tertiary/aromatic N) is 1. The lowest BCUT2D eigenvalue weighted by atomic mass is 10.2. The van der Waals surface area contributed by atoms with Crippen molar-refractivity contribution in [2.24, 2.45) is 0 Å². The summed E-state index contributed by atoms with van der Waals surface area (Å²) in [5, 5.41) is 2.12. The summed E-state index contributed by atoms with van der Waals surface area (Å²) in [6.45, 7) is 0. The van der Waals surface area contributed by atoms with Crippen molar-refractivity contribution in [1.29, 1.82) is 0 Å². The van der Waals surface area contributed by atoms with Gasteiger partial charge in [0.15, 0.2) is 11.5 Å². The Morgan fingerprint density at radius 2 is 1.95 bits per heavy atom. The van der Waals surface area contributed by atoms with Crippen LogP contribution in [0.25, 0.3) is 0 Å². The molecule has 1 amide bonds. The van der Waals surface area contributed by atoms with Crippen LogP contribution in [0.3, 0.4) is 0 Å². The molecule has 0 bridgehead atoms. The van der Waals surface area contributed by atoms with E-state index in [1.54, 1.807) is 12.1 Å². The largest absolute Gasteiger partial charge is 0.397 e. The molecule has 0 spiro atoms. The molecule has 0 radical (unpaired) electrons. The Kier molecular flexibility index (Phi) is 3.87. The number of nitrogens with one attached hydrogen (secondary N) is 1. The van der Waals surface area contributed by atoms with Gasteiger partial charge < -0.3 is 11.1 Å². The highest BCUT2D eigenvalue weighted by molar-refractivity contribution is 6.35. The molecule has 0 atom stereocenters. The van der Waals surface area contributed by atoms with Gasteiger partial charge in [0.05, 0.1) is 15.7 Å². The van der Waals surface area contributed by atoms with Crippen LogP contribution in [0.5, 0.6) is 0 Å². The topological polar surface area (TPSA) is 68.0 Å². The molecule has 19 heavy (non-hydrogen) atoms. The third-order valence-corrected chi connectivity index (χ3v) is 2.85. The molecule has 1 aromatic heterocycles. The van der Waals surface area contributed by atoms with Gasteiger partial charge in [0.25, 0.3) is 5.91 Å². The Morgan fingerprint density at radius 3 is 2.53 bits per heavy atom. The van der Waals surface area contributed by atoms with E-state index in [-0.39, 0.29) is 27.1 Å². The van der Waals surface area contributed by atoms with E-state index in [0.717, 1.165) is 0 Å². The molecule has 4 nitrogen and oxygen atoms in total. The quantitative estimate of drug-likeness (QED) is 0.836. The van der Waals surface area contributed by atoms with Gasteiger partial charge in [-0.15, -0.1) is 0 Å². The number of anilines is 2. The Hall–Kier alpha value is -1.85.